The second-order valence-electron chi connectivity index (χ2n) is 9.53. The molecule has 0 saturated carbocycles. The highest BCUT2D eigenvalue weighted by Gasteiger charge is 2.03. The lowest BCUT2D eigenvalue weighted by molar-refractivity contribution is -0.126. The number of benzene rings is 2. The van der Waals surface area contributed by atoms with E-state index in [2.05, 4.69) is 10.6 Å². The van der Waals surface area contributed by atoms with Gasteiger partial charge in [-0.3, -0.25) is 9.59 Å². The Labute approximate surface area is 255 Å². The van der Waals surface area contributed by atoms with Crippen LogP contribution in [0, 0.1) is 6.92 Å². The van der Waals surface area contributed by atoms with E-state index in [0.717, 1.165) is 17.1 Å². The molecule has 0 heterocycles. The van der Waals surface area contributed by atoms with Gasteiger partial charge in [0.25, 0.3) is 0 Å². The molecular formula is C32H48N2O9. The topological polar surface area (TPSA) is 123 Å². The first-order chi connectivity index (χ1) is 21.1. The van der Waals surface area contributed by atoms with E-state index in [1.54, 1.807) is 7.05 Å². The number of carbonyl (C=O) groups is 2. The highest BCUT2D eigenvalue weighted by atomic mass is 16.6. The third-order valence-electron chi connectivity index (χ3n) is 5.99. The third kappa shape index (κ3) is 19.6. The quantitative estimate of drug-likeness (QED) is 0.156. The molecule has 0 spiro atoms. The summed E-state index contributed by atoms with van der Waals surface area (Å²) < 4.78 is 38.5. The average molecular weight is 605 g/mol. The summed E-state index contributed by atoms with van der Waals surface area (Å²) in [6.45, 7) is 7.65. The predicted octanol–water partition coefficient (Wildman–Crippen LogP) is 2.72. The Kier molecular flexibility index (Phi) is 20.3. The summed E-state index contributed by atoms with van der Waals surface area (Å²) in [5.74, 6) is 1.44. The van der Waals surface area contributed by atoms with Crippen LogP contribution >= 0.6 is 0 Å². The number of ether oxygens (including phenoxy) is 7. The third-order valence-corrected chi connectivity index (χ3v) is 5.99. The van der Waals surface area contributed by atoms with Crippen molar-refractivity contribution in [3.8, 4) is 11.5 Å². The number of rotatable bonds is 26. The van der Waals surface area contributed by atoms with Crippen LogP contribution in [0.15, 0.2) is 48.5 Å². The van der Waals surface area contributed by atoms with Gasteiger partial charge >= 0.3 is 0 Å². The summed E-state index contributed by atoms with van der Waals surface area (Å²) >= 11 is 0. The Morgan fingerprint density at radius 3 is 1.65 bits per heavy atom. The van der Waals surface area contributed by atoms with E-state index in [-0.39, 0.29) is 18.4 Å². The minimum Gasteiger partial charge on any atom is -0.494 e. The van der Waals surface area contributed by atoms with E-state index in [1.807, 2.05) is 55.5 Å². The van der Waals surface area contributed by atoms with Crippen LogP contribution in [-0.4, -0.2) is 105 Å². The van der Waals surface area contributed by atoms with Gasteiger partial charge in [-0.2, -0.15) is 0 Å². The van der Waals surface area contributed by atoms with Crippen LogP contribution in [0.2, 0.25) is 0 Å². The minimum atomic E-state index is -0.166. The predicted molar refractivity (Wildman–Crippen MR) is 163 cm³/mol. The molecule has 0 radical (unpaired) electrons. The molecule has 0 saturated heterocycles. The normalized spacial score (nSPS) is 10.8. The zero-order chi connectivity index (χ0) is 30.8. The molecule has 2 rings (SSSR count). The Bertz CT molecular complexity index is 987. The summed E-state index contributed by atoms with van der Waals surface area (Å²) in [4.78, 5) is 23.2. The van der Waals surface area contributed by atoms with Gasteiger partial charge in [0.1, 0.15) is 24.7 Å². The van der Waals surface area contributed by atoms with E-state index in [9.17, 15) is 9.59 Å². The number of carbonyl (C=O) groups excluding carboxylic acids is 2. The summed E-state index contributed by atoms with van der Waals surface area (Å²) in [5.41, 5.74) is 2.29. The number of nitrogens with one attached hydrogen (secondary N) is 2. The van der Waals surface area contributed by atoms with Crippen LogP contribution in [0.4, 0.5) is 0 Å². The van der Waals surface area contributed by atoms with E-state index in [0.29, 0.717) is 98.5 Å². The molecule has 0 aliphatic rings. The van der Waals surface area contributed by atoms with Crippen molar-refractivity contribution in [2.24, 2.45) is 0 Å². The van der Waals surface area contributed by atoms with Crippen LogP contribution in [0.3, 0.4) is 0 Å². The van der Waals surface area contributed by atoms with Gasteiger partial charge in [0.05, 0.1) is 66.1 Å². The molecule has 11 heteroatoms. The highest BCUT2D eigenvalue weighted by Crippen LogP contribution is 2.13. The van der Waals surface area contributed by atoms with Gasteiger partial charge in [0.2, 0.25) is 11.8 Å². The second kappa shape index (κ2) is 24.2. The molecule has 2 aromatic rings. The molecule has 0 bridgehead atoms. The van der Waals surface area contributed by atoms with Gasteiger partial charge in [-0.1, -0.05) is 29.8 Å². The van der Waals surface area contributed by atoms with Gasteiger partial charge in [-0.25, -0.2) is 0 Å². The maximum absolute atomic E-state index is 11.9. The smallest absolute Gasteiger partial charge is 0.246 e. The van der Waals surface area contributed by atoms with Crippen LogP contribution in [0.5, 0.6) is 11.5 Å². The lowest BCUT2D eigenvalue weighted by atomic mass is 10.1. The van der Waals surface area contributed by atoms with Crippen molar-refractivity contribution >= 4 is 11.8 Å². The largest absolute Gasteiger partial charge is 0.494 e. The monoisotopic (exact) mass is 604 g/mol. The SMILES string of the molecule is CNC(=O)CCCOc1ccc(CCNC(=O)COCCOCCOCCOCCOCCOc2ccc(C)cc2)cc1. The zero-order valence-electron chi connectivity index (χ0n) is 25.6. The Morgan fingerprint density at radius 1 is 0.605 bits per heavy atom. The molecule has 0 fully saturated rings. The number of hydrogen-bond donors (Lipinski definition) is 2. The van der Waals surface area contributed by atoms with Crippen molar-refractivity contribution < 1.29 is 42.7 Å². The molecule has 0 aliphatic carbocycles. The van der Waals surface area contributed by atoms with Gasteiger partial charge in [0.15, 0.2) is 0 Å². The van der Waals surface area contributed by atoms with Gasteiger partial charge in [-0.05, 0) is 49.6 Å². The molecular weight excluding hydrogens is 556 g/mol. The van der Waals surface area contributed by atoms with Crippen LogP contribution in [0.25, 0.3) is 0 Å². The Balaban J connectivity index is 1.29. The first-order valence-corrected chi connectivity index (χ1v) is 14.8. The van der Waals surface area contributed by atoms with Crippen molar-refractivity contribution in [1.29, 1.82) is 0 Å². The van der Waals surface area contributed by atoms with E-state index < -0.39 is 0 Å². The standard InChI is InChI=1S/C32H48N2O9/c1-27-5-9-29(10-6-27)43-25-24-40-21-20-38-17-16-37-18-19-39-22-23-41-26-32(36)34-14-13-28-7-11-30(12-8-28)42-15-3-4-31(35)33-2/h5-12H,3-4,13-26H2,1-2H3,(H,33,35)(H,34,36). The molecule has 2 amide bonds. The van der Waals surface area contributed by atoms with Crippen LogP contribution in [0.1, 0.15) is 24.0 Å². The minimum absolute atomic E-state index is 0.00856. The van der Waals surface area contributed by atoms with E-state index in [1.165, 1.54) is 5.56 Å². The molecule has 0 aliphatic heterocycles. The van der Waals surface area contributed by atoms with Crippen molar-refractivity contribution in [1.82, 2.24) is 10.6 Å². The highest BCUT2D eigenvalue weighted by molar-refractivity contribution is 5.77. The number of hydrogen-bond acceptors (Lipinski definition) is 9. The Morgan fingerprint density at radius 2 is 1.09 bits per heavy atom. The molecule has 240 valence electrons. The maximum atomic E-state index is 11.9. The molecule has 0 unspecified atom stereocenters. The van der Waals surface area contributed by atoms with Gasteiger partial charge in [-0.15, -0.1) is 0 Å². The number of aryl methyl sites for hydroxylation is 1. The van der Waals surface area contributed by atoms with Crippen molar-refractivity contribution in [3.63, 3.8) is 0 Å². The summed E-state index contributed by atoms with van der Waals surface area (Å²) in [6.07, 6.45) is 1.81. The van der Waals surface area contributed by atoms with Gasteiger partial charge < -0.3 is 43.8 Å². The van der Waals surface area contributed by atoms with Gasteiger partial charge in [0, 0.05) is 20.0 Å². The fourth-order valence-electron chi connectivity index (χ4n) is 3.59. The van der Waals surface area contributed by atoms with Crippen LogP contribution in [-0.2, 0) is 39.7 Å². The molecule has 2 aromatic carbocycles. The number of amides is 2. The average Bonchev–Trinajstić information content (AvgIpc) is 3.02. The summed E-state index contributed by atoms with van der Waals surface area (Å²) in [5, 5.41) is 5.43. The summed E-state index contributed by atoms with van der Waals surface area (Å²) in [6, 6.07) is 15.6. The van der Waals surface area contributed by atoms with Crippen molar-refractivity contribution in [2.45, 2.75) is 26.2 Å². The fourth-order valence-corrected chi connectivity index (χ4v) is 3.59. The molecule has 11 nitrogen and oxygen atoms in total. The zero-order valence-corrected chi connectivity index (χ0v) is 25.6. The fraction of sp³-hybridized carbons (Fsp3) is 0.562. The molecule has 0 atom stereocenters. The molecule has 43 heavy (non-hydrogen) atoms. The first-order valence-electron chi connectivity index (χ1n) is 14.8. The van der Waals surface area contributed by atoms with Crippen LogP contribution < -0.4 is 20.1 Å². The first kappa shape index (κ1) is 36.0. The van der Waals surface area contributed by atoms with E-state index >= 15 is 0 Å². The molecule has 0 aromatic heterocycles. The lowest BCUT2D eigenvalue weighted by Gasteiger charge is -2.09. The molecule has 2 N–H and O–H groups in total. The van der Waals surface area contributed by atoms with Crippen molar-refractivity contribution in [2.75, 3.05) is 92.9 Å². The maximum Gasteiger partial charge on any atom is 0.246 e. The van der Waals surface area contributed by atoms with E-state index in [4.69, 9.17) is 33.2 Å². The second-order valence-corrected chi connectivity index (χ2v) is 9.53. The Hall–Kier alpha value is -3.22. The summed E-state index contributed by atoms with van der Waals surface area (Å²) in [7, 11) is 1.62. The van der Waals surface area contributed by atoms with Crippen molar-refractivity contribution in [3.05, 3.63) is 59.7 Å². The lowest BCUT2D eigenvalue weighted by Crippen LogP contribution is -2.30.